The van der Waals surface area contributed by atoms with E-state index in [2.05, 4.69) is 24.4 Å². The number of piperidine rings is 1. The molecule has 27 heavy (non-hydrogen) atoms. The molecule has 0 spiro atoms. The Morgan fingerprint density at radius 2 is 2.00 bits per heavy atom. The van der Waals surface area contributed by atoms with Gasteiger partial charge in [-0.2, -0.15) is 0 Å². The van der Waals surface area contributed by atoms with Gasteiger partial charge in [0, 0.05) is 32.1 Å². The van der Waals surface area contributed by atoms with Crippen molar-refractivity contribution in [2.24, 2.45) is 0 Å². The van der Waals surface area contributed by atoms with Crippen LogP contribution in [0.1, 0.15) is 31.2 Å². The first-order chi connectivity index (χ1) is 13.1. The Bertz CT molecular complexity index is 687. The largest absolute Gasteiger partial charge is 0.494 e. The van der Waals surface area contributed by atoms with Crippen LogP contribution < -0.4 is 10.1 Å². The normalized spacial score (nSPS) is 25.4. The van der Waals surface area contributed by atoms with Crippen LogP contribution in [-0.2, 0) is 9.53 Å². The van der Waals surface area contributed by atoms with E-state index in [0.29, 0.717) is 19.0 Å². The number of hydrogen-bond donors (Lipinski definition) is 1. The molecule has 0 saturated carbocycles. The number of hydrogen-bond acceptors (Lipinski definition) is 4. The molecule has 0 aliphatic carbocycles. The molecule has 3 amide bonds. The van der Waals surface area contributed by atoms with Gasteiger partial charge in [0.05, 0.1) is 18.8 Å². The number of likely N-dealkylation sites (tertiary alicyclic amines) is 2. The summed E-state index contributed by atoms with van der Waals surface area (Å²) in [6.45, 7) is 5.63. The van der Waals surface area contributed by atoms with E-state index in [-0.39, 0.29) is 30.7 Å². The van der Waals surface area contributed by atoms with Gasteiger partial charge in [0.15, 0.2) is 0 Å². The maximum Gasteiger partial charge on any atom is 0.320 e. The number of ether oxygens (including phenoxy) is 2. The topological polar surface area (TPSA) is 71.1 Å². The van der Waals surface area contributed by atoms with Gasteiger partial charge >= 0.3 is 6.03 Å². The predicted molar refractivity (Wildman–Crippen MR) is 99.8 cm³/mol. The summed E-state index contributed by atoms with van der Waals surface area (Å²) in [5.41, 5.74) is 1.24. The Morgan fingerprint density at radius 3 is 2.74 bits per heavy atom. The lowest BCUT2D eigenvalue weighted by atomic mass is 9.91. The predicted octanol–water partition coefficient (Wildman–Crippen LogP) is 1.58. The lowest BCUT2D eigenvalue weighted by Gasteiger charge is -2.46. The summed E-state index contributed by atoms with van der Waals surface area (Å²) in [4.78, 5) is 28.0. The van der Waals surface area contributed by atoms with Crippen molar-refractivity contribution in [2.45, 2.75) is 37.8 Å². The third-order valence-electron chi connectivity index (χ3n) is 5.57. The second-order valence-corrected chi connectivity index (χ2v) is 7.56. The van der Waals surface area contributed by atoms with Crippen LogP contribution in [0.2, 0.25) is 0 Å². The van der Waals surface area contributed by atoms with Crippen molar-refractivity contribution in [1.82, 2.24) is 15.1 Å². The Kier molecular flexibility index (Phi) is 5.20. The monoisotopic (exact) mass is 373 g/mol. The van der Waals surface area contributed by atoms with E-state index in [1.54, 1.807) is 0 Å². The van der Waals surface area contributed by atoms with Gasteiger partial charge in [-0.25, -0.2) is 4.79 Å². The van der Waals surface area contributed by atoms with Crippen molar-refractivity contribution in [3.63, 3.8) is 0 Å². The van der Waals surface area contributed by atoms with Crippen molar-refractivity contribution in [1.29, 1.82) is 0 Å². The molecule has 0 aromatic heterocycles. The van der Waals surface area contributed by atoms with E-state index in [9.17, 15) is 9.59 Å². The van der Waals surface area contributed by atoms with Gasteiger partial charge in [-0.05, 0) is 30.5 Å². The van der Waals surface area contributed by atoms with Crippen LogP contribution in [0.5, 0.6) is 5.75 Å². The first kappa shape index (κ1) is 18.1. The number of morpholine rings is 1. The molecule has 1 aromatic carbocycles. The molecule has 0 bridgehead atoms. The number of rotatable bonds is 4. The van der Waals surface area contributed by atoms with Gasteiger partial charge in [0.25, 0.3) is 0 Å². The second-order valence-electron chi connectivity index (χ2n) is 7.56. The molecule has 1 aromatic rings. The molecule has 3 aliphatic rings. The van der Waals surface area contributed by atoms with Crippen LogP contribution in [0, 0.1) is 0 Å². The van der Waals surface area contributed by atoms with Crippen molar-refractivity contribution in [3.8, 4) is 5.75 Å². The average molecular weight is 373 g/mol. The van der Waals surface area contributed by atoms with Crippen molar-refractivity contribution in [2.75, 3.05) is 39.4 Å². The summed E-state index contributed by atoms with van der Waals surface area (Å²) < 4.78 is 11.2. The Morgan fingerprint density at radius 1 is 1.22 bits per heavy atom. The highest BCUT2D eigenvalue weighted by Crippen LogP contribution is 2.30. The minimum absolute atomic E-state index is 0.0318. The van der Waals surface area contributed by atoms with E-state index < -0.39 is 0 Å². The number of benzene rings is 1. The fourth-order valence-corrected chi connectivity index (χ4v) is 3.98. The Balaban J connectivity index is 1.28. The molecule has 7 heteroatoms. The molecule has 3 fully saturated rings. The van der Waals surface area contributed by atoms with Crippen molar-refractivity contribution < 1.29 is 19.1 Å². The lowest BCUT2D eigenvalue weighted by Crippen LogP contribution is -2.63. The molecule has 146 valence electrons. The first-order valence-corrected chi connectivity index (χ1v) is 9.81. The summed E-state index contributed by atoms with van der Waals surface area (Å²) in [5, 5.41) is 2.94. The molecule has 3 aliphatic heterocycles. The number of amides is 3. The molecule has 3 heterocycles. The number of nitrogens with zero attached hydrogens (tertiary/aromatic N) is 2. The summed E-state index contributed by atoms with van der Waals surface area (Å²) in [6.07, 6.45) is 1.80. The van der Waals surface area contributed by atoms with Crippen molar-refractivity contribution >= 4 is 11.9 Å². The van der Waals surface area contributed by atoms with Crippen molar-refractivity contribution in [3.05, 3.63) is 29.8 Å². The highest BCUT2D eigenvalue weighted by atomic mass is 16.5. The Hall–Kier alpha value is -2.28. The molecule has 1 N–H and O–H groups in total. The molecule has 7 nitrogen and oxygen atoms in total. The minimum atomic E-state index is -0.0964. The number of nitrogens with one attached hydrogen (secondary N) is 1. The quantitative estimate of drug-likeness (QED) is 0.870. The molecule has 3 saturated heterocycles. The zero-order chi connectivity index (χ0) is 18.8. The summed E-state index contributed by atoms with van der Waals surface area (Å²) in [7, 11) is 0. The van der Waals surface area contributed by atoms with Crippen LogP contribution in [0.25, 0.3) is 0 Å². The number of carbonyl (C=O) groups is 2. The molecule has 0 radical (unpaired) electrons. The third-order valence-corrected chi connectivity index (χ3v) is 5.57. The first-order valence-electron chi connectivity index (χ1n) is 9.81. The molecule has 2 atom stereocenters. The van der Waals surface area contributed by atoms with Gasteiger partial charge in [-0.3, -0.25) is 4.79 Å². The zero-order valence-electron chi connectivity index (χ0n) is 15.7. The molecule has 4 rings (SSSR count). The Labute approximate surface area is 159 Å². The number of carbonyl (C=O) groups excluding carboxylic acids is 2. The standard InChI is InChI=1S/C20H27N3O4/c1-2-9-26-16-5-3-14(4-6-16)15-10-23(11-15)20(25)22-8-7-18-17(12-22)21-19(24)13-27-18/h3-6,15,17-18H,2,7-13H2,1H3,(H,21,24)/t17-,18+/m1/s1. The maximum absolute atomic E-state index is 12.8. The average Bonchev–Trinajstić information content (AvgIpc) is 2.65. The van der Waals surface area contributed by atoms with Gasteiger partial charge in [-0.1, -0.05) is 19.1 Å². The molecular weight excluding hydrogens is 346 g/mol. The molecule has 0 unspecified atom stereocenters. The highest BCUT2D eigenvalue weighted by molar-refractivity contribution is 5.79. The van der Waals surface area contributed by atoms with E-state index in [4.69, 9.17) is 9.47 Å². The van der Waals surface area contributed by atoms with Gasteiger partial charge < -0.3 is 24.6 Å². The van der Waals surface area contributed by atoms with Gasteiger partial charge in [-0.15, -0.1) is 0 Å². The van der Waals surface area contributed by atoms with Gasteiger partial charge in [0.1, 0.15) is 12.4 Å². The molecular formula is C20H27N3O4. The zero-order valence-corrected chi connectivity index (χ0v) is 15.7. The smallest absolute Gasteiger partial charge is 0.320 e. The van der Waals surface area contributed by atoms with E-state index >= 15 is 0 Å². The highest BCUT2D eigenvalue weighted by Gasteiger charge is 2.40. The summed E-state index contributed by atoms with van der Waals surface area (Å²) in [6, 6.07) is 8.18. The third kappa shape index (κ3) is 3.88. The summed E-state index contributed by atoms with van der Waals surface area (Å²) >= 11 is 0. The number of urea groups is 1. The van der Waals surface area contributed by atoms with Gasteiger partial charge in [0.2, 0.25) is 5.91 Å². The van der Waals surface area contributed by atoms with Crippen LogP contribution in [0.15, 0.2) is 24.3 Å². The fourth-order valence-electron chi connectivity index (χ4n) is 3.98. The SMILES string of the molecule is CCCOc1ccc(C2CN(C(=O)N3CC[C@@H]4OCC(=O)N[C@@H]4C3)C2)cc1. The van der Waals surface area contributed by atoms with Crippen LogP contribution >= 0.6 is 0 Å². The lowest BCUT2D eigenvalue weighted by molar-refractivity contribution is -0.139. The number of fused-ring (bicyclic) bond motifs is 1. The van der Waals surface area contributed by atoms with Crippen LogP contribution in [0.4, 0.5) is 4.79 Å². The summed E-state index contributed by atoms with van der Waals surface area (Å²) in [5.74, 6) is 1.18. The van der Waals surface area contributed by atoms with E-state index in [1.165, 1.54) is 5.56 Å². The van der Waals surface area contributed by atoms with E-state index in [1.807, 2.05) is 21.9 Å². The van der Waals surface area contributed by atoms with Crippen LogP contribution in [-0.4, -0.2) is 73.3 Å². The van der Waals surface area contributed by atoms with E-state index in [0.717, 1.165) is 38.3 Å². The fraction of sp³-hybridized carbons (Fsp3) is 0.600. The maximum atomic E-state index is 12.8. The van der Waals surface area contributed by atoms with Crippen LogP contribution in [0.3, 0.4) is 0 Å². The second kappa shape index (κ2) is 7.76. The minimum Gasteiger partial charge on any atom is -0.494 e.